The van der Waals surface area contributed by atoms with Crippen LogP contribution < -0.4 is 0 Å². The normalized spacial score (nSPS) is 18.7. The molecule has 0 radical (unpaired) electrons. The second-order valence-electron chi connectivity index (χ2n) is 11.4. The van der Waals surface area contributed by atoms with Gasteiger partial charge in [0.05, 0.1) is 0 Å². The number of Topliss-reactive ketones (excluding diaryl/α,β-unsaturated/α-hetero) is 1. The maximum absolute atomic E-state index is 13.4. The van der Waals surface area contributed by atoms with Gasteiger partial charge >= 0.3 is 0 Å². The number of carbonyl (C=O) groups is 1. The molecule has 2 nitrogen and oxygen atoms in total. The van der Waals surface area contributed by atoms with Crippen molar-refractivity contribution in [2.24, 2.45) is 0 Å². The summed E-state index contributed by atoms with van der Waals surface area (Å²) < 4.78 is 0. The summed E-state index contributed by atoms with van der Waals surface area (Å²) in [6.07, 6.45) is 4.14. The van der Waals surface area contributed by atoms with Crippen LogP contribution in [-0.2, 0) is 15.6 Å². The number of piperidine rings is 1. The Kier molecular flexibility index (Phi) is 6.95. The predicted molar refractivity (Wildman–Crippen MR) is 138 cm³/mol. The largest absolute Gasteiger partial charge is 0.292 e. The fraction of sp³-hybridized carbons (Fsp3) is 0.433. The van der Waals surface area contributed by atoms with Crippen molar-refractivity contribution in [3.05, 3.63) is 81.9 Å². The first kappa shape index (κ1) is 24.2. The minimum atomic E-state index is 0.124. The van der Waals surface area contributed by atoms with E-state index >= 15 is 0 Å². The van der Waals surface area contributed by atoms with Gasteiger partial charge in [-0.1, -0.05) is 90.1 Å². The van der Waals surface area contributed by atoms with E-state index in [1.807, 2.05) is 0 Å². The van der Waals surface area contributed by atoms with Crippen molar-refractivity contribution >= 4 is 17.9 Å². The lowest BCUT2D eigenvalue weighted by atomic mass is 9.86. The molecule has 1 aliphatic heterocycles. The van der Waals surface area contributed by atoms with E-state index in [1.54, 1.807) is 0 Å². The molecule has 0 atom stereocenters. The first-order valence-electron chi connectivity index (χ1n) is 11.8. The third kappa shape index (κ3) is 5.86. The SMILES string of the molecule is CC(C)N1C/C(=C\c2ccc(C(C)(C)C)cc2)C(=O)/C(=C/c2ccc(C(C)(C)C)cc2)C1. The molecule has 2 aromatic rings. The highest BCUT2D eigenvalue weighted by molar-refractivity contribution is 6.14. The van der Waals surface area contributed by atoms with E-state index in [0.29, 0.717) is 19.1 Å². The third-order valence-corrected chi connectivity index (χ3v) is 6.30. The lowest BCUT2D eigenvalue weighted by Crippen LogP contribution is -2.41. The van der Waals surface area contributed by atoms with Gasteiger partial charge in [-0.3, -0.25) is 9.69 Å². The number of benzene rings is 2. The van der Waals surface area contributed by atoms with Gasteiger partial charge in [0.25, 0.3) is 0 Å². The Balaban J connectivity index is 1.92. The van der Waals surface area contributed by atoms with Crippen LogP contribution in [0.5, 0.6) is 0 Å². The summed E-state index contributed by atoms with van der Waals surface area (Å²) in [6, 6.07) is 17.6. The van der Waals surface area contributed by atoms with Crippen molar-refractivity contribution in [1.82, 2.24) is 4.90 Å². The van der Waals surface area contributed by atoms with Gasteiger partial charge in [-0.25, -0.2) is 0 Å². The number of hydrogen-bond donors (Lipinski definition) is 0. The molecule has 0 saturated carbocycles. The number of rotatable bonds is 3. The van der Waals surface area contributed by atoms with Crippen molar-refractivity contribution in [2.75, 3.05) is 13.1 Å². The Hall–Kier alpha value is -2.45. The molecular formula is C30H39NO. The summed E-state index contributed by atoms with van der Waals surface area (Å²) in [5, 5.41) is 0. The van der Waals surface area contributed by atoms with Crippen LogP contribution in [-0.4, -0.2) is 29.8 Å². The van der Waals surface area contributed by atoms with Gasteiger partial charge in [0.1, 0.15) is 0 Å². The van der Waals surface area contributed by atoms with Crippen LogP contribution in [0.4, 0.5) is 0 Å². The molecule has 0 unspecified atom stereocenters. The van der Waals surface area contributed by atoms with Crippen LogP contribution in [0, 0.1) is 0 Å². The van der Waals surface area contributed by atoms with Gasteiger partial charge in [-0.05, 0) is 59.1 Å². The van der Waals surface area contributed by atoms with Crippen LogP contribution in [0.1, 0.15) is 77.6 Å². The number of ketones is 1. The van der Waals surface area contributed by atoms with Crippen molar-refractivity contribution < 1.29 is 4.79 Å². The summed E-state index contributed by atoms with van der Waals surface area (Å²) in [4.78, 5) is 15.8. The van der Waals surface area contributed by atoms with E-state index in [9.17, 15) is 4.79 Å². The highest BCUT2D eigenvalue weighted by atomic mass is 16.1. The van der Waals surface area contributed by atoms with Crippen molar-refractivity contribution in [3.63, 3.8) is 0 Å². The van der Waals surface area contributed by atoms with E-state index < -0.39 is 0 Å². The van der Waals surface area contributed by atoms with Gasteiger partial charge in [-0.15, -0.1) is 0 Å². The molecule has 0 spiro atoms. The summed E-state index contributed by atoms with van der Waals surface area (Å²) in [6.45, 7) is 19.1. The van der Waals surface area contributed by atoms with Crippen LogP contribution in [0.25, 0.3) is 12.2 Å². The molecule has 170 valence electrons. The van der Waals surface area contributed by atoms with E-state index in [2.05, 4.69) is 121 Å². The monoisotopic (exact) mass is 429 g/mol. The highest BCUT2D eigenvalue weighted by Crippen LogP contribution is 2.27. The molecule has 1 fully saturated rings. The summed E-state index contributed by atoms with van der Waals surface area (Å²) in [5.41, 5.74) is 6.76. The minimum Gasteiger partial charge on any atom is -0.292 e. The number of likely N-dealkylation sites (tertiary alicyclic amines) is 1. The van der Waals surface area contributed by atoms with Crippen LogP contribution in [0.2, 0.25) is 0 Å². The van der Waals surface area contributed by atoms with Crippen LogP contribution >= 0.6 is 0 Å². The molecule has 0 N–H and O–H groups in total. The zero-order chi connectivity index (χ0) is 23.7. The molecule has 1 aliphatic rings. The van der Waals surface area contributed by atoms with Crippen LogP contribution in [0.15, 0.2) is 59.7 Å². The van der Waals surface area contributed by atoms with E-state index in [0.717, 1.165) is 22.3 Å². The van der Waals surface area contributed by atoms with Gasteiger partial charge < -0.3 is 0 Å². The molecule has 3 rings (SSSR count). The number of nitrogens with zero attached hydrogens (tertiary/aromatic N) is 1. The van der Waals surface area contributed by atoms with Gasteiger partial charge in [-0.2, -0.15) is 0 Å². The van der Waals surface area contributed by atoms with Gasteiger partial charge in [0.2, 0.25) is 0 Å². The fourth-order valence-corrected chi connectivity index (χ4v) is 3.99. The lowest BCUT2D eigenvalue weighted by Gasteiger charge is -2.33. The number of carbonyl (C=O) groups excluding carboxylic acids is 1. The molecule has 0 bridgehead atoms. The van der Waals surface area contributed by atoms with Crippen LogP contribution in [0.3, 0.4) is 0 Å². The molecular weight excluding hydrogens is 390 g/mol. The fourth-order valence-electron chi connectivity index (χ4n) is 3.99. The van der Waals surface area contributed by atoms with Gasteiger partial charge in [0, 0.05) is 30.3 Å². The topological polar surface area (TPSA) is 20.3 Å². The Morgan fingerprint density at radius 1 is 0.688 bits per heavy atom. The average Bonchev–Trinajstić information content (AvgIpc) is 2.70. The second-order valence-corrected chi connectivity index (χ2v) is 11.4. The maximum atomic E-state index is 13.4. The molecule has 1 saturated heterocycles. The quantitative estimate of drug-likeness (QED) is 0.488. The standard InChI is InChI=1S/C30H39NO/c1-21(2)31-19-24(17-22-9-13-26(14-10-22)29(3,4)5)28(32)25(20-31)18-23-11-15-27(16-12-23)30(6,7)8/h9-18,21H,19-20H2,1-8H3/b24-17+,25-18+. The Morgan fingerprint density at radius 2 is 1.03 bits per heavy atom. The zero-order valence-electron chi connectivity index (χ0n) is 21.1. The Bertz CT molecular complexity index is 927. The Labute approximate surface area is 195 Å². The zero-order valence-corrected chi connectivity index (χ0v) is 21.1. The molecule has 0 amide bonds. The third-order valence-electron chi connectivity index (χ3n) is 6.30. The van der Waals surface area contributed by atoms with E-state index in [-0.39, 0.29) is 16.6 Å². The second kappa shape index (κ2) is 9.19. The average molecular weight is 430 g/mol. The molecule has 1 heterocycles. The predicted octanol–water partition coefficient (Wildman–Crippen LogP) is 7.04. The number of hydrogen-bond acceptors (Lipinski definition) is 2. The molecule has 2 aromatic carbocycles. The highest BCUT2D eigenvalue weighted by Gasteiger charge is 2.27. The molecule has 0 aromatic heterocycles. The van der Waals surface area contributed by atoms with Crippen molar-refractivity contribution in [1.29, 1.82) is 0 Å². The first-order chi connectivity index (χ1) is 14.8. The molecule has 32 heavy (non-hydrogen) atoms. The minimum absolute atomic E-state index is 0.124. The first-order valence-corrected chi connectivity index (χ1v) is 11.8. The smallest absolute Gasteiger partial charge is 0.187 e. The Morgan fingerprint density at radius 3 is 1.31 bits per heavy atom. The molecule has 2 heteroatoms. The maximum Gasteiger partial charge on any atom is 0.187 e. The molecule has 0 aliphatic carbocycles. The summed E-state index contributed by atoms with van der Waals surface area (Å²) in [5.74, 6) is 0.168. The van der Waals surface area contributed by atoms with E-state index in [4.69, 9.17) is 0 Å². The van der Waals surface area contributed by atoms with Crippen molar-refractivity contribution in [3.8, 4) is 0 Å². The van der Waals surface area contributed by atoms with E-state index in [1.165, 1.54) is 11.1 Å². The lowest BCUT2D eigenvalue weighted by molar-refractivity contribution is -0.113. The summed E-state index contributed by atoms with van der Waals surface area (Å²) in [7, 11) is 0. The van der Waals surface area contributed by atoms with Crippen molar-refractivity contribution in [2.45, 2.75) is 72.3 Å². The van der Waals surface area contributed by atoms with Gasteiger partial charge in [0.15, 0.2) is 5.78 Å². The summed E-state index contributed by atoms with van der Waals surface area (Å²) >= 11 is 0.